The van der Waals surface area contributed by atoms with Gasteiger partial charge in [0.05, 0.1) is 6.42 Å². The zero-order valence-corrected chi connectivity index (χ0v) is 15.7. The second-order valence-electron chi connectivity index (χ2n) is 6.06. The number of nitrogens with one attached hydrogen (secondary N) is 1. The number of amides is 1. The van der Waals surface area contributed by atoms with Crippen LogP contribution in [0.2, 0.25) is 0 Å². The molecule has 0 heterocycles. The highest BCUT2D eigenvalue weighted by molar-refractivity contribution is 5.98. The van der Waals surface area contributed by atoms with Gasteiger partial charge in [0.15, 0.2) is 12.4 Å². The van der Waals surface area contributed by atoms with E-state index in [1.54, 1.807) is 12.1 Å². The maximum absolute atomic E-state index is 12.0. The van der Waals surface area contributed by atoms with Crippen LogP contribution in [0.4, 0.5) is 5.69 Å². The van der Waals surface area contributed by atoms with Gasteiger partial charge in [-0.25, -0.2) is 0 Å². The highest BCUT2D eigenvalue weighted by Gasteiger charge is 2.13. The summed E-state index contributed by atoms with van der Waals surface area (Å²) in [4.78, 5) is 46.6. The number of carbonyl (C=O) groups is 4. The summed E-state index contributed by atoms with van der Waals surface area (Å²) in [6.45, 7) is 2.72. The zero-order valence-electron chi connectivity index (χ0n) is 15.7. The molecule has 0 spiro atoms. The van der Waals surface area contributed by atoms with Crippen LogP contribution in [0.15, 0.2) is 48.5 Å². The van der Waals surface area contributed by atoms with E-state index in [4.69, 9.17) is 9.47 Å². The topological polar surface area (TPSA) is 98.8 Å². The molecule has 28 heavy (non-hydrogen) atoms. The fraction of sp³-hybridized carbons (Fsp3) is 0.238. The first-order valence-electron chi connectivity index (χ1n) is 8.68. The molecule has 0 saturated carbocycles. The van der Waals surface area contributed by atoms with Crippen LogP contribution in [0, 0.1) is 6.92 Å². The SMILES string of the molecule is CC(=O)Oc1ccc(C(=O)COC(=O)CCC(=O)Nc2ccccc2C)cc1. The first-order chi connectivity index (χ1) is 13.3. The minimum absolute atomic E-state index is 0.0432. The van der Waals surface area contributed by atoms with E-state index in [9.17, 15) is 19.2 Å². The lowest BCUT2D eigenvalue weighted by Crippen LogP contribution is -2.17. The molecule has 0 aliphatic heterocycles. The summed E-state index contributed by atoms with van der Waals surface area (Å²) in [7, 11) is 0. The number of ether oxygens (including phenoxy) is 2. The van der Waals surface area contributed by atoms with Crippen molar-refractivity contribution in [3.05, 3.63) is 59.7 Å². The van der Waals surface area contributed by atoms with Gasteiger partial charge in [-0.2, -0.15) is 0 Å². The summed E-state index contributed by atoms with van der Waals surface area (Å²) in [5.41, 5.74) is 1.93. The van der Waals surface area contributed by atoms with Crippen LogP contribution in [0.3, 0.4) is 0 Å². The summed E-state index contributed by atoms with van der Waals surface area (Å²) < 4.78 is 9.80. The third-order valence-electron chi connectivity index (χ3n) is 3.78. The van der Waals surface area contributed by atoms with E-state index in [1.807, 2.05) is 19.1 Å². The van der Waals surface area contributed by atoms with E-state index in [1.165, 1.54) is 31.2 Å². The molecule has 0 aliphatic carbocycles. The molecular weight excluding hydrogens is 362 g/mol. The van der Waals surface area contributed by atoms with E-state index in [0.717, 1.165) is 5.56 Å². The Kier molecular flexibility index (Phi) is 7.45. The normalized spacial score (nSPS) is 10.1. The minimum Gasteiger partial charge on any atom is -0.457 e. The van der Waals surface area contributed by atoms with E-state index >= 15 is 0 Å². The van der Waals surface area contributed by atoms with Crippen molar-refractivity contribution in [3.8, 4) is 5.75 Å². The number of Topliss-reactive ketones (excluding diaryl/α,β-unsaturated/α-hetero) is 1. The summed E-state index contributed by atoms with van der Waals surface area (Å²) in [6, 6.07) is 13.2. The largest absolute Gasteiger partial charge is 0.457 e. The van der Waals surface area contributed by atoms with Crippen molar-refractivity contribution < 1.29 is 28.7 Å². The van der Waals surface area contributed by atoms with Crippen LogP contribution >= 0.6 is 0 Å². The van der Waals surface area contributed by atoms with Crippen molar-refractivity contribution in [3.63, 3.8) is 0 Å². The van der Waals surface area contributed by atoms with E-state index in [0.29, 0.717) is 17.0 Å². The molecule has 0 saturated heterocycles. The van der Waals surface area contributed by atoms with Gasteiger partial charge in [0.1, 0.15) is 5.75 Å². The van der Waals surface area contributed by atoms with E-state index in [2.05, 4.69) is 5.32 Å². The van der Waals surface area contributed by atoms with Crippen molar-refractivity contribution in [1.82, 2.24) is 0 Å². The molecule has 7 nitrogen and oxygen atoms in total. The summed E-state index contributed by atoms with van der Waals surface area (Å²) in [5, 5.41) is 2.73. The minimum atomic E-state index is -0.634. The fourth-order valence-electron chi connectivity index (χ4n) is 2.32. The van der Waals surface area contributed by atoms with Gasteiger partial charge in [0.25, 0.3) is 0 Å². The average Bonchev–Trinajstić information content (AvgIpc) is 2.66. The van der Waals surface area contributed by atoms with Crippen molar-refractivity contribution >= 4 is 29.3 Å². The van der Waals surface area contributed by atoms with Gasteiger partial charge in [-0.3, -0.25) is 19.2 Å². The third kappa shape index (κ3) is 6.68. The van der Waals surface area contributed by atoms with Crippen LogP contribution in [0.5, 0.6) is 5.75 Å². The zero-order chi connectivity index (χ0) is 20.5. The van der Waals surface area contributed by atoms with Gasteiger partial charge in [-0.15, -0.1) is 0 Å². The van der Waals surface area contributed by atoms with Crippen LogP contribution in [0.25, 0.3) is 0 Å². The van der Waals surface area contributed by atoms with E-state index < -0.39 is 24.3 Å². The van der Waals surface area contributed by atoms with Gasteiger partial charge in [-0.05, 0) is 42.8 Å². The van der Waals surface area contributed by atoms with Crippen LogP contribution in [0.1, 0.15) is 35.7 Å². The van der Waals surface area contributed by atoms with E-state index in [-0.39, 0.29) is 18.7 Å². The number of ketones is 1. The molecule has 0 atom stereocenters. The number of benzene rings is 2. The number of para-hydroxylation sites is 1. The highest BCUT2D eigenvalue weighted by atomic mass is 16.5. The Hall–Kier alpha value is -3.48. The smallest absolute Gasteiger partial charge is 0.308 e. The summed E-state index contributed by atoms with van der Waals surface area (Å²) in [5.74, 6) is -1.48. The van der Waals surface area contributed by atoms with Gasteiger partial charge >= 0.3 is 11.9 Å². The molecule has 0 unspecified atom stereocenters. The molecule has 1 amide bonds. The molecule has 7 heteroatoms. The number of carbonyl (C=O) groups excluding carboxylic acids is 4. The van der Waals surface area contributed by atoms with Gasteiger partial charge < -0.3 is 14.8 Å². The number of rotatable bonds is 8. The highest BCUT2D eigenvalue weighted by Crippen LogP contribution is 2.14. The van der Waals surface area contributed by atoms with Crippen molar-refractivity contribution in [1.29, 1.82) is 0 Å². The van der Waals surface area contributed by atoms with Gasteiger partial charge in [0, 0.05) is 24.6 Å². The summed E-state index contributed by atoms with van der Waals surface area (Å²) >= 11 is 0. The monoisotopic (exact) mass is 383 g/mol. The van der Waals surface area contributed by atoms with Crippen molar-refractivity contribution in [2.75, 3.05) is 11.9 Å². The average molecular weight is 383 g/mol. The number of aryl methyl sites for hydroxylation is 1. The standard InChI is InChI=1S/C21H21NO6/c1-14-5-3-4-6-18(14)22-20(25)11-12-21(26)27-13-19(24)16-7-9-17(10-8-16)28-15(2)23/h3-10H,11-13H2,1-2H3,(H,22,25). The predicted molar refractivity (Wildman–Crippen MR) is 102 cm³/mol. The molecule has 1 N–H and O–H groups in total. The molecule has 2 aromatic rings. The maximum Gasteiger partial charge on any atom is 0.308 e. The van der Waals surface area contributed by atoms with Gasteiger partial charge in [0.2, 0.25) is 5.91 Å². The molecule has 146 valence electrons. The quantitative estimate of drug-likeness (QED) is 0.427. The lowest BCUT2D eigenvalue weighted by Gasteiger charge is -2.08. The third-order valence-corrected chi connectivity index (χ3v) is 3.78. The molecule has 2 rings (SSSR count). The fourth-order valence-corrected chi connectivity index (χ4v) is 2.32. The van der Waals surface area contributed by atoms with Crippen LogP contribution < -0.4 is 10.1 Å². The lowest BCUT2D eigenvalue weighted by atomic mass is 10.1. The van der Waals surface area contributed by atoms with Crippen molar-refractivity contribution in [2.24, 2.45) is 0 Å². The molecule has 0 aromatic heterocycles. The number of anilines is 1. The second kappa shape index (κ2) is 10.0. The van der Waals surface area contributed by atoms with Crippen LogP contribution in [-0.4, -0.2) is 30.2 Å². The number of hydrogen-bond acceptors (Lipinski definition) is 6. The molecule has 0 aliphatic rings. The Morgan fingerprint density at radius 3 is 2.25 bits per heavy atom. The summed E-state index contributed by atoms with van der Waals surface area (Å²) in [6.07, 6.45) is -0.172. The molecule has 0 bridgehead atoms. The molecule has 0 fully saturated rings. The molecular formula is C21H21NO6. The number of hydrogen-bond donors (Lipinski definition) is 1. The predicted octanol–water partition coefficient (Wildman–Crippen LogP) is 3.07. The molecule has 2 aromatic carbocycles. The number of esters is 2. The first kappa shape index (κ1) is 20.8. The first-order valence-corrected chi connectivity index (χ1v) is 8.68. The lowest BCUT2D eigenvalue weighted by molar-refractivity contribution is -0.143. The van der Waals surface area contributed by atoms with Gasteiger partial charge in [-0.1, -0.05) is 18.2 Å². The maximum atomic E-state index is 12.0. The van der Waals surface area contributed by atoms with Crippen molar-refractivity contribution in [2.45, 2.75) is 26.7 Å². The Balaban J connectivity index is 1.74. The Bertz CT molecular complexity index is 873. The Morgan fingerprint density at radius 1 is 0.929 bits per heavy atom. The Morgan fingerprint density at radius 2 is 1.61 bits per heavy atom. The second-order valence-corrected chi connectivity index (χ2v) is 6.06. The van der Waals surface area contributed by atoms with Crippen LogP contribution in [-0.2, 0) is 19.1 Å². The molecule has 0 radical (unpaired) electrons. The Labute approximate surface area is 162 Å².